The van der Waals surface area contributed by atoms with Gasteiger partial charge in [-0.2, -0.15) is 0 Å². The van der Waals surface area contributed by atoms with Gasteiger partial charge in [-0.05, 0) is 24.1 Å². The van der Waals surface area contributed by atoms with Crippen LogP contribution in [0.4, 0.5) is 0 Å². The van der Waals surface area contributed by atoms with Gasteiger partial charge in [0.25, 0.3) is 0 Å². The van der Waals surface area contributed by atoms with E-state index in [0.29, 0.717) is 0 Å². The Labute approximate surface area is 84.1 Å². The number of hydrogen-bond acceptors (Lipinski definition) is 1. The molecule has 0 amide bonds. The number of nitrogens with zero attached hydrogens (tertiary/aromatic N) is 1. The van der Waals surface area contributed by atoms with Gasteiger partial charge in [0.05, 0.1) is 11.2 Å². The lowest BCUT2D eigenvalue weighted by molar-refractivity contribution is 1.14. The maximum absolute atomic E-state index is 4.55. The number of para-hydroxylation sites is 1. The number of aromatic nitrogens is 1. The van der Waals surface area contributed by atoms with Crippen molar-refractivity contribution in [2.45, 2.75) is 13.3 Å². The minimum absolute atomic E-state index is 0.943. The molecule has 0 radical (unpaired) electrons. The first-order chi connectivity index (χ1) is 6.85. The molecule has 0 atom stereocenters. The monoisotopic (exact) mass is 183 g/mol. The first kappa shape index (κ1) is 8.95. The molecule has 0 bridgehead atoms. The molecule has 0 aliphatic carbocycles. The minimum Gasteiger partial charge on any atom is -0.248 e. The molecule has 14 heavy (non-hydrogen) atoms. The molecule has 1 nitrogen and oxygen atoms in total. The van der Waals surface area contributed by atoms with Crippen LogP contribution in [-0.2, 0) is 6.42 Å². The van der Waals surface area contributed by atoms with Crippen molar-refractivity contribution in [3.8, 4) is 0 Å². The van der Waals surface area contributed by atoms with Crippen LogP contribution < -0.4 is 0 Å². The quantitative estimate of drug-likeness (QED) is 0.695. The maximum Gasteiger partial charge on any atom is 0.0741 e. The number of fused-ring (bicyclic) bond motifs is 1. The normalized spacial score (nSPS) is 10.4. The predicted molar refractivity (Wildman–Crippen MR) is 61.2 cm³/mol. The molecule has 1 heteroatoms. The van der Waals surface area contributed by atoms with Crippen molar-refractivity contribution in [1.29, 1.82) is 0 Å². The van der Waals surface area contributed by atoms with Crippen molar-refractivity contribution in [3.63, 3.8) is 0 Å². The highest BCUT2D eigenvalue weighted by Gasteiger charge is 2.00. The lowest BCUT2D eigenvalue weighted by atomic mass is 10.1. The first-order valence-electron chi connectivity index (χ1n) is 4.86. The molecule has 70 valence electrons. The van der Waals surface area contributed by atoms with Gasteiger partial charge in [-0.3, -0.25) is 0 Å². The number of rotatable bonds is 2. The summed E-state index contributed by atoms with van der Waals surface area (Å²) in [4.78, 5) is 4.55. The molecule has 1 aromatic heterocycles. The van der Waals surface area contributed by atoms with Crippen molar-refractivity contribution in [2.75, 3.05) is 0 Å². The Kier molecular flexibility index (Phi) is 2.32. The van der Waals surface area contributed by atoms with Gasteiger partial charge in [0.1, 0.15) is 0 Å². The Morgan fingerprint density at radius 1 is 1.29 bits per heavy atom. The summed E-state index contributed by atoms with van der Waals surface area (Å²) >= 11 is 0. The topological polar surface area (TPSA) is 12.9 Å². The summed E-state index contributed by atoms with van der Waals surface area (Å²) in [5.41, 5.74) is 3.34. The zero-order valence-corrected chi connectivity index (χ0v) is 8.33. The van der Waals surface area contributed by atoms with Crippen molar-refractivity contribution < 1.29 is 0 Å². The fourth-order valence-electron chi connectivity index (χ4n) is 1.62. The van der Waals surface area contributed by atoms with Crippen molar-refractivity contribution in [3.05, 3.63) is 48.2 Å². The Morgan fingerprint density at radius 2 is 2.14 bits per heavy atom. The van der Waals surface area contributed by atoms with E-state index in [1.54, 1.807) is 6.08 Å². The van der Waals surface area contributed by atoms with Gasteiger partial charge in [-0.25, -0.2) is 4.98 Å². The van der Waals surface area contributed by atoms with Crippen molar-refractivity contribution in [1.82, 2.24) is 4.98 Å². The summed E-state index contributed by atoms with van der Waals surface area (Å²) in [5.74, 6) is 0. The molecule has 1 heterocycles. The second-order valence-electron chi connectivity index (χ2n) is 3.28. The van der Waals surface area contributed by atoms with E-state index in [1.165, 1.54) is 10.9 Å². The van der Waals surface area contributed by atoms with E-state index >= 15 is 0 Å². The van der Waals surface area contributed by atoms with Gasteiger partial charge in [-0.15, -0.1) is 0 Å². The highest BCUT2D eigenvalue weighted by molar-refractivity contribution is 5.82. The Balaban J connectivity index is 2.76. The summed E-state index contributed by atoms with van der Waals surface area (Å²) < 4.78 is 0. The van der Waals surface area contributed by atoms with Gasteiger partial charge in [0.2, 0.25) is 0 Å². The molecule has 0 spiro atoms. The fraction of sp³-hybridized carbons (Fsp3) is 0.154. The highest BCUT2D eigenvalue weighted by Crippen LogP contribution is 2.17. The van der Waals surface area contributed by atoms with Gasteiger partial charge >= 0.3 is 0 Å². The third kappa shape index (κ3) is 1.41. The molecule has 0 aliphatic rings. The van der Waals surface area contributed by atoms with E-state index in [4.69, 9.17) is 0 Å². The molecule has 0 unspecified atom stereocenters. The number of benzene rings is 1. The SMILES string of the molecule is C=Cc1ccc2cccc(CC)c2n1. The largest absolute Gasteiger partial charge is 0.248 e. The molecule has 1 aromatic carbocycles. The molecular formula is C13H13N. The van der Waals surface area contributed by atoms with Crippen LogP contribution in [0, 0.1) is 0 Å². The van der Waals surface area contributed by atoms with E-state index in [-0.39, 0.29) is 0 Å². The van der Waals surface area contributed by atoms with Crippen LogP contribution in [-0.4, -0.2) is 4.98 Å². The van der Waals surface area contributed by atoms with Crippen LogP contribution in [0.2, 0.25) is 0 Å². The van der Waals surface area contributed by atoms with Crippen LogP contribution in [0.3, 0.4) is 0 Å². The van der Waals surface area contributed by atoms with E-state index in [2.05, 4.69) is 42.8 Å². The predicted octanol–water partition coefficient (Wildman–Crippen LogP) is 3.44. The molecule has 2 aromatic rings. The lowest BCUT2D eigenvalue weighted by Gasteiger charge is -2.03. The van der Waals surface area contributed by atoms with Crippen LogP contribution >= 0.6 is 0 Å². The smallest absolute Gasteiger partial charge is 0.0741 e. The summed E-state index contributed by atoms with van der Waals surface area (Å²) in [6.45, 7) is 5.88. The van der Waals surface area contributed by atoms with Crippen LogP contribution in [0.15, 0.2) is 36.9 Å². The second kappa shape index (κ2) is 3.62. The Morgan fingerprint density at radius 3 is 2.86 bits per heavy atom. The Hall–Kier alpha value is -1.63. The maximum atomic E-state index is 4.55. The van der Waals surface area contributed by atoms with E-state index in [0.717, 1.165) is 17.6 Å². The van der Waals surface area contributed by atoms with Gasteiger partial charge in [0.15, 0.2) is 0 Å². The van der Waals surface area contributed by atoms with Crippen molar-refractivity contribution >= 4 is 17.0 Å². The zero-order chi connectivity index (χ0) is 9.97. The zero-order valence-electron chi connectivity index (χ0n) is 8.33. The third-order valence-electron chi connectivity index (χ3n) is 2.42. The summed E-state index contributed by atoms with van der Waals surface area (Å²) in [7, 11) is 0. The van der Waals surface area contributed by atoms with E-state index < -0.39 is 0 Å². The van der Waals surface area contributed by atoms with E-state index in [9.17, 15) is 0 Å². The van der Waals surface area contributed by atoms with Gasteiger partial charge in [0, 0.05) is 5.39 Å². The molecular weight excluding hydrogens is 170 g/mol. The standard InChI is InChI=1S/C13H13N/c1-3-10-6-5-7-11-8-9-12(4-2)14-13(10)11/h4-9H,2-3H2,1H3. The summed E-state index contributed by atoms with van der Waals surface area (Å²) in [6.07, 6.45) is 2.80. The number of hydrogen-bond donors (Lipinski definition) is 0. The highest BCUT2D eigenvalue weighted by atomic mass is 14.7. The minimum atomic E-state index is 0.943. The lowest BCUT2D eigenvalue weighted by Crippen LogP contribution is -1.88. The third-order valence-corrected chi connectivity index (χ3v) is 2.42. The summed E-state index contributed by atoms with van der Waals surface area (Å²) in [6, 6.07) is 10.4. The van der Waals surface area contributed by atoms with Gasteiger partial charge < -0.3 is 0 Å². The van der Waals surface area contributed by atoms with Crippen LogP contribution in [0.25, 0.3) is 17.0 Å². The number of pyridine rings is 1. The molecule has 2 rings (SSSR count). The van der Waals surface area contributed by atoms with E-state index in [1.807, 2.05) is 6.07 Å². The average Bonchev–Trinajstić information content (AvgIpc) is 2.27. The first-order valence-corrected chi connectivity index (χ1v) is 4.86. The summed E-state index contributed by atoms with van der Waals surface area (Å²) in [5, 5.41) is 1.20. The molecule has 0 saturated carbocycles. The van der Waals surface area contributed by atoms with Crippen LogP contribution in [0.1, 0.15) is 18.2 Å². The molecule has 0 aliphatic heterocycles. The number of aryl methyl sites for hydroxylation is 1. The van der Waals surface area contributed by atoms with Gasteiger partial charge in [-0.1, -0.05) is 37.8 Å². The molecule has 0 fully saturated rings. The van der Waals surface area contributed by atoms with Crippen molar-refractivity contribution in [2.24, 2.45) is 0 Å². The second-order valence-corrected chi connectivity index (χ2v) is 3.28. The fourth-order valence-corrected chi connectivity index (χ4v) is 1.62. The average molecular weight is 183 g/mol. The van der Waals surface area contributed by atoms with Crippen LogP contribution in [0.5, 0.6) is 0 Å². The Bertz CT molecular complexity index is 472. The molecule has 0 saturated heterocycles. The molecule has 0 N–H and O–H groups in total.